The summed E-state index contributed by atoms with van der Waals surface area (Å²) in [4.78, 5) is 60.8. The normalized spacial score (nSPS) is 37.4. The maximum atomic E-state index is 14.6. The summed E-state index contributed by atoms with van der Waals surface area (Å²) in [5, 5.41) is 51.3. The van der Waals surface area contributed by atoms with Crippen molar-refractivity contribution < 1.29 is 76.5 Å². The van der Waals surface area contributed by atoms with Gasteiger partial charge in [0.1, 0.15) is 43.2 Å². The standard InChI is InChI=1S/C17H26FN3O17P2/c1-6(23)19-9-11(26)13(28)17(18,5-22)36-15(9)37-40(32,33)38-39(30,31)34-4-7-10(25)12(27)14(35-7)21-3-2-8(24)20-16(21)29/h2-3,7,9-15,22,25-28H,4-5H2,1H3,(H,19,23)(H,30,31)(H,32,33)(H,20,24,29)/p-2/t7-,9?,10?,11?,12?,13+,14-,15-,17?/m1/s1. The summed E-state index contributed by atoms with van der Waals surface area (Å²) in [7, 11) is -12.1. The molecule has 0 bridgehead atoms. The second-order valence-electron chi connectivity index (χ2n) is 8.53. The topological polar surface area (TPSA) is 312 Å². The summed E-state index contributed by atoms with van der Waals surface area (Å²) in [6.07, 6.45) is -13.6. The smallest absolute Gasteiger partial charge is 0.330 e. The third-order valence-corrected chi connectivity index (χ3v) is 8.15. The van der Waals surface area contributed by atoms with E-state index in [-0.39, 0.29) is 0 Å². The van der Waals surface area contributed by atoms with Crippen LogP contribution in [0.1, 0.15) is 13.2 Å². The van der Waals surface area contributed by atoms with Gasteiger partial charge in [0, 0.05) is 19.2 Å². The fourth-order valence-electron chi connectivity index (χ4n) is 3.74. The van der Waals surface area contributed by atoms with Crippen LogP contribution in [0.25, 0.3) is 0 Å². The Bertz CT molecular complexity index is 1290. The number of hydrogen-bond acceptors (Lipinski definition) is 17. The van der Waals surface area contributed by atoms with E-state index in [1.54, 1.807) is 0 Å². The highest BCUT2D eigenvalue weighted by Gasteiger charge is 2.56. The monoisotopic (exact) mass is 623 g/mol. The van der Waals surface area contributed by atoms with Crippen LogP contribution in [0.3, 0.4) is 0 Å². The van der Waals surface area contributed by atoms with Crippen molar-refractivity contribution in [3.8, 4) is 0 Å². The van der Waals surface area contributed by atoms with Crippen LogP contribution >= 0.6 is 15.6 Å². The second-order valence-corrected chi connectivity index (χ2v) is 11.4. The van der Waals surface area contributed by atoms with Crippen molar-refractivity contribution in [1.82, 2.24) is 14.9 Å². The highest BCUT2D eigenvalue weighted by molar-refractivity contribution is 7.59. The summed E-state index contributed by atoms with van der Waals surface area (Å²) in [6, 6.07) is -1.13. The molecule has 1 aromatic heterocycles. The zero-order valence-corrected chi connectivity index (χ0v) is 21.8. The molecule has 3 rings (SSSR count). The van der Waals surface area contributed by atoms with Crippen LogP contribution in [0.4, 0.5) is 4.39 Å². The lowest BCUT2D eigenvalue weighted by Gasteiger charge is -2.46. The number of phosphoric acid groups is 2. The van der Waals surface area contributed by atoms with Gasteiger partial charge in [-0.25, -0.2) is 13.5 Å². The van der Waals surface area contributed by atoms with Crippen LogP contribution in [0.2, 0.25) is 0 Å². The summed E-state index contributed by atoms with van der Waals surface area (Å²) in [5.41, 5.74) is -1.84. The van der Waals surface area contributed by atoms with Crippen molar-refractivity contribution in [3.63, 3.8) is 0 Å². The largest absolute Gasteiger partial charge is 0.756 e. The molecule has 1 amide bonds. The molecule has 7 unspecified atom stereocenters. The maximum absolute atomic E-state index is 14.6. The molecule has 23 heteroatoms. The van der Waals surface area contributed by atoms with Crippen LogP contribution in [0.15, 0.2) is 21.9 Å². The number of rotatable bonds is 10. The average molecular weight is 623 g/mol. The first-order chi connectivity index (χ1) is 18.4. The van der Waals surface area contributed by atoms with E-state index in [4.69, 9.17) is 9.84 Å². The van der Waals surface area contributed by atoms with E-state index in [0.717, 1.165) is 19.2 Å². The number of carbonyl (C=O) groups is 1. The Kier molecular flexibility index (Phi) is 9.87. The second kappa shape index (κ2) is 12.1. The summed E-state index contributed by atoms with van der Waals surface area (Å²) in [6.45, 7) is -1.95. The number of ether oxygens (including phenoxy) is 2. The van der Waals surface area contributed by atoms with Gasteiger partial charge in [-0.05, 0) is 0 Å². The lowest BCUT2D eigenvalue weighted by Crippen LogP contribution is -2.68. The molecule has 0 aromatic carbocycles. The zero-order chi connectivity index (χ0) is 30.2. The molecule has 11 atom stereocenters. The zero-order valence-electron chi connectivity index (χ0n) is 20.0. The molecule has 7 N–H and O–H groups in total. The van der Waals surface area contributed by atoms with Crippen molar-refractivity contribution in [2.45, 2.75) is 61.9 Å². The first-order valence-corrected chi connectivity index (χ1v) is 13.9. The van der Waals surface area contributed by atoms with Gasteiger partial charge in [-0.15, -0.1) is 0 Å². The minimum Gasteiger partial charge on any atom is -0.756 e. The lowest BCUT2D eigenvalue weighted by atomic mass is 9.95. The molecule has 2 aliphatic heterocycles. The Hall–Kier alpha value is -1.94. The number of nitrogens with one attached hydrogen (secondary N) is 2. The van der Waals surface area contributed by atoms with E-state index < -0.39 is 101 Å². The van der Waals surface area contributed by atoms with Crippen molar-refractivity contribution in [3.05, 3.63) is 33.1 Å². The molecule has 2 fully saturated rings. The minimum atomic E-state index is -6.14. The van der Waals surface area contributed by atoms with E-state index in [1.807, 2.05) is 10.3 Å². The van der Waals surface area contributed by atoms with E-state index in [1.165, 1.54) is 0 Å². The van der Waals surface area contributed by atoms with Crippen LogP contribution in [-0.4, -0.2) is 103 Å². The van der Waals surface area contributed by atoms with Crippen molar-refractivity contribution in [2.24, 2.45) is 0 Å². The Labute approximate surface area is 221 Å². The number of alkyl halides is 1. The SMILES string of the molecule is CC(=O)NC1C(O)[C@H](O)C(F)(CO)O[C@@H]1OP(=O)([O-])OP(=O)([O-])OC[C@H]1O[C@@H](n2ccc(=O)[nH]c2=O)C(O)C1O. The number of phosphoric ester groups is 2. The van der Waals surface area contributed by atoms with Crippen molar-refractivity contribution in [2.75, 3.05) is 13.2 Å². The molecule has 0 spiro atoms. The van der Waals surface area contributed by atoms with Gasteiger partial charge in [-0.2, -0.15) is 0 Å². The van der Waals surface area contributed by atoms with Gasteiger partial charge in [-0.1, -0.05) is 0 Å². The highest BCUT2D eigenvalue weighted by atomic mass is 31.3. The van der Waals surface area contributed by atoms with E-state index >= 15 is 0 Å². The molecule has 0 aliphatic carbocycles. The number of aromatic nitrogens is 2. The van der Waals surface area contributed by atoms with Gasteiger partial charge in [-0.3, -0.25) is 32.8 Å². The van der Waals surface area contributed by atoms with Gasteiger partial charge in [0.2, 0.25) is 5.91 Å². The van der Waals surface area contributed by atoms with Crippen molar-refractivity contribution >= 4 is 21.6 Å². The first kappa shape index (κ1) is 32.6. The lowest BCUT2D eigenvalue weighted by molar-refractivity contribution is -0.350. The Morgan fingerprint density at radius 2 is 1.85 bits per heavy atom. The molecule has 228 valence electrons. The number of aliphatic hydroxyl groups is 5. The molecule has 0 radical (unpaired) electrons. The maximum Gasteiger partial charge on any atom is 0.330 e. The van der Waals surface area contributed by atoms with E-state index in [2.05, 4.69) is 18.1 Å². The predicted molar refractivity (Wildman–Crippen MR) is 116 cm³/mol. The van der Waals surface area contributed by atoms with Crippen LogP contribution in [0.5, 0.6) is 0 Å². The molecular formula is C17H24FN3O17P2-2. The highest BCUT2D eigenvalue weighted by Crippen LogP contribution is 2.57. The number of amides is 1. The molecule has 2 saturated heterocycles. The Morgan fingerprint density at radius 3 is 2.42 bits per heavy atom. The number of halogens is 1. The molecule has 0 saturated carbocycles. The predicted octanol–water partition coefficient (Wildman–Crippen LogP) is -5.62. The summed E-state index contributed by atoms with van der Waals surface area (Å²) in [5.74, 6) is -4.47. The molecule has 40 heavy (non-hydrogen) atoms. The van der Waals surface area contributed by atoms with Crippen molar-refractivity contribution in [1.29, 1.82) is 0 Å². The third-order valence-electron chi connectivity index (χ3n) is 5.62. The molecular weight excluding hydrogens is 599 g/mol. The Balaban J connectivity index is 1.68. The van der Waals surface area contributed by atoms with E-state index in [0.29, 0.717) is 4.57 Å². The van der Waals surface area contributed by atoms with Crippen LogP contribution < -0.4 is 26.4 Å². The number of aliphatic hydroxyl groups excluding tert-OH is 5. The van der Waals surface area contributed by atoms with Gasteiger partial charge < -0.3 is 54.6 Å². The number of nitrogens with zero attached hydrogens (tertiary/aromatic N) is 1. The summed E-state index contributed by atoms with van der Waals surface area (Å²) < 4.78 is 62.0. The third kappa shape index (κ3) is 7.27. The molecule has 3 heterocycles. The molecule has 2 aliphatic rings. The van der Waals surface area contributed by atoms with Gasteiger partial charge >= 0.3 is 5.69 Å². The number of H-pyrrole nitrogens is 1. The van der Waals surface area contributed by atoms with Gasteiger partial charge in [0.25, 0.3) is 27.1 Å². The molecule has 20 nitrogen and oxygen atoms in total. The van der Waals surface area contributed by atoms with Crippen LogP contribution in [0, 0.1) is 0 Å². The number of aromatic amines is 1. The quantitative estimate of drug-likeness (QED) is 0.119. The average Bonchev–Trinajstić information content (AvgIpc) is 3.11. The summed E-state index contributed by atoms with van der Waals surface area (Å²) >= 11 is 0. The van der Waals surface area contributed by atoms with Gasteiger partial charge in [0.15, 0.2) is 12.5 Å². The minimum absolute atomic E-state index is 0.667. The Morgan fingerprint density at radius 1 is 1.20 bits per heavy atom. The fraction of sp³-hybridized carbons (Fsp3) is 0.706. The fourth-order valence-corrected chi connectivity index (χ4v) is 5.82. The van der Waals surface area contributed by atoms with Gasteiger partial charge in [0.05, 0.1) is 6.61 Å². The van der Waals surface area contributed by atoms with E-state index in [9.17, 15) is 58.1 Å². The first-order valence-electron chi connectivity index (χ1n) is 11.0. The molecule has 1 aromatic rings. The number of carbonyl (C=O) groups excluding carboxylic acids is 1. The number of hydrogen-bond donors (Lipinski definition) is 7. The van der Waals surface area contributed by atoms with Crippen LogP contribution in [-0.2, 0) is 36.8 Å².